The number of ether oxygens (including phenoxy) is 2. The summed E-state index contributed by atoms with van der Waals surface area (Å²) < 4.78 is 9.58. The lowest BCUT2D eigenvalue weighted by Crippen LogP contribution is -2.52. The second-order valence-electron chi connectivity index (χ2n) is 17.0. The van der Waals surface area contributed by atoms with Crippen LogP contribution in [0.2, 0.25) is 10.3 Å². The normalized spacial score (nSPS) is 19.9. The van der Waals surface area contributed by atoms with Gasteiger partial charge < -0.3 is 39.9 Å². The van der Waals surface area contributed by atoms with Crippen LogP contribution in [0.15, 0.2) is 60.7 Å². The number of methoxy groups -OCH3 is 2. The second kappa shape index (κ2) is 18.4. The SMILES string of the molecule is COC(=O)NC(C(=O)N1[C@@H](C)CC[C@H]1c1nc(-c2ccc(-c3ccc4cc(-c5nc([C@@H]6CC[C@H](C)N6C(=O)[C@@H](NC(=O)OC)C(C)C)[nH]c5Cl)ccc4c3)cc2)c(Cl)[nH]1)C(C)C. The largest absolute Gasteiger partial charge is 0.453 e. The third-order valence-electron chi connectivity index (χ3n) is 12.2. The highest BCUT2D eigenvalue weighted by Gasteiger charge is 2.43. The molecule has 0 spiro atoms. The summed E-state index contributed by atoms with van der Waals surface area (Å²) in [6, 6.07) is 18.1. The standard InChI is InChI=1S/C46H54Cl2N8O6/c1-23(2)35(51-45(59)61-7)43(57)55-25(5)9-19-33(55)41-49-37(39(47)53-41)28-13-11-27(12-14-28)29-15-16-31-22-32(18-17-30(31)21-29)38-40(48)54-42(50-38)34-20-10-26(6)56(34)44(58)36(24(3)4)52-46(60)62-8/h11-18,21-26,33-36H,9-10,19-20H2,1-8H3,(H,49,53)(H,50,54)(H,51,59)(H,52,60)/t25-,26-,33-,34-,35?,36-/m0/s1. The molecule has 7 rings (SSSR count). The molecule has 2 saturated heterocycles. The van der Waals surface area contributed by atoms with E-state index in [4.69, 9.17) is 42.6 Å². The number of hydrogen-bond acceptors (Lipinski definition) is 8. The number of rotatable bonds is 11. The minimum absolute atomic E-state index is 0.0530. The van der Waals surface area contributed by atoms with Crippen molar-refractivity contribution in [2.24, 2.45) is 11.8 Å². The van der Waals surface area contributed by atoms with Crippen LogP contribution in [0.3, 0.4) is 0 Å². The summed E-state index contributed by atoms with van der Waals surface area (Å²) in [4.78, 5) is 71.8. The van der Waals surface area contributed by atoms with E-state index in [1.54, 1.807) is 9.80 Å². The van der Waals surface area contributed by atoms with Gasteiger partial charge in [0.1, 0.15) is 45.4 Å². The van der Waals surface area contributed by atoms with E-state index in [9.17, 15) is 19.2 Å². The smallest absolute Gasteiger partial charge is 0.407 e. The lowest BCUT2D eigenvalue weighted by atomic mass is 9.98. The summed E-state index contributed by atoms with van der Waals surface area (Å²) in [5.74, 6) is 0.525. The fourth-order valence-corrected chi connectivity index (χ4v) is 9.29. The number of halogens is 2. The average molecular weight is 886 g/mol. The van der Waals surface area contributed by atoms with Crippen molar-refractivity contribution in [2.45, 2.75) is 103 Å². The van der Waals surface area contributed by atoms with Crippen molar-refractivity contribution in [1.29, 1.82) is 0 Å². The third-order valence-corrected chi connectivity index (χ3v) is 12.8. The van der Waals surface area contributed by atoms with Crippen LogP contribution in [-0.4, -0.2) is 92.1 Å². The highest BCUT2D eigenvalue weighted by atomic mass is 35.5. The first kappa shape index (κ1) is 44.5. The number of amides is 4. The Morgan fingerprint density at radius 2 is 1.00 bits per heavy atom. The number of alkyl carbamates (subject to hydrolysis) is 2. The van der Waals surface area contributed by atoms with Gasteiger partial charge in [0.25, 0.3) is 0 Å². The van der Waals surface area contributed by atoms with Crippen LogP contribution < -0.4 is 10.6 Å². The molecule has 14 nitrogen and oxygen atoms in total. The Morgan fingerprint density at radius 1 is 0.613 bits per heavy atom. The van der Waals surface area contributed by atoms with E-state index in [-0.39, 0.29) is 47.8 Å². The molecule has 16 heteroatoms. The topological polar surface area (TPSA) is 175 Å². The molecule has 0 bridgehead atoms. The number of aromatic nitrogens is 4. The fraction of sp³-hybridized carbons (Fsp3) is 0.435. The molecule has 2 fully saturated rings. The molecule has 1 unspecified atom stereocenters. The van der Waals surface area contributed by atoms with Crippen LogP contribution in [-0.2, 0) is 19.1 Å². The number of likely N-dealkylation sites (tertiary alicyclic amines) is 2. The number of aromatic amines is 2. The summed E-state index contributed by atoms with van der Waals surface area (Å²) in [5, 5.41) is 8.22. The molecule has 62 heavy (non-hydrogen) atoms. The van der Waals surface area contributed by atoms with Gasteiger partial charge in [-0.05, 0) is 85.4 Å². The van der Waals surface area contributed by atoms with Crippen molar-refractivity contribution in [1.82, 2.24) is 40.4 Å². The third kappa shape index (κ3) is 8.85. The van der Waals surface area contributed by atoms with Crippen molar-refractivity contribution in [3.63, 3.8) is 0 Å². The van der Waals surface area contributed by atoms with Crippen molar-refractivity contribution in [3.05, 3.63) is 82.6 Å². The second-order valence-corrected chi connectivity index (χ2v) is 17.8. The number of fused-ring (bicyclic) bond motifs is 1. The Labute approximate surface area is 371 Å². The van der Waals surface area contributed by atoms with E-state index in [0.717, 1.165) is 45.9 Å². The van der Waals surface area contributed by atoms with Gasteiger partial charge in [0.2, 0.25) is 11.8 Å². The van der Waals surface area contributed by atoms with Crippen LogP contribution in [0, 0.1) is 11.8 Å². The molecular weight excluding hydrogens is 831 g/mol. The van der Waals surface area contributed by atoms with E-state index in [1.165, 1.54) is 14.2 Å². The highest BCUT2D eigenvalue weighted by Crippen LogP contribution is 2.41. The monoisotopic (exact) mass is 884 g/mol. The number of hydrogen-bond donors (Lipinski definition) is 4. The van der Waals surface area contributed by atoms with Gasteiger partial charge >= 0.3 is 12.2 Å². The molecule has 0 radical (unpaired) electrons. The number of H-pyrrole nitrogens is 2. The van der Waals surface area contributed by atoms with Gasteiger partial charge in [0.05, 0.1) is 26.3 Å². The summed E-state index contributed by atoms with van der Waals surface area (Å²) in [5.41, 5.74) is 4.90. The van der Waals surface area contributed by atoms with Gasteiger partial charge in [0, 0.05) is 23.2 Å². The zero-order valence-corrected chi connectivity index (χ0v) is 37.7. The van der Waals surface area contributed by atoms with Crippen molar-refractivity contribution in [3.8, 4) is 33.6 Å². The Bertz CT molecular complexity index is 2470. The quantitative estimate of drug-likeness (QED) is 0.101. The molecule has 3 aromatic carbocycles. The van der Waals surface area contributed by atoms with Gasteiger partial charge in [-0.1, -0.05) is 99.4 Å². The molecule has 4 amide bonds. The maximum atomic E-state index is 13.9. The first-order chi connectivity index (χ1) is 29.6. The van der Waals surface area contributed by atoms with E-state index < -0.39 is 24.3 Å². The van der Waals surface area contributed by atoms with Gasteiger partial charge in [-0.15, -0.1) is 0 Å². The molecule has 5 aromatic rings. The van der Waals surface area contributed by atoms with Crippen molar-refractivity contribution in [2.75, 3.05) is 14.2 Å². The summed E-state index contributed by atoms with van der Waals surface area (Å²) in [7, 11) is 2.56. The predicted molar refractivity (Wildman–Crippen MR) is 239 cm³/mol. The molecule has 4 N–H and O–H groups in total. The number of nitrogens with one attached hydrogen (secondary N) is 4. The number of carbonyl (C=O) groups is 4. The summed E-state index contributed by atoms with van der Waals surface area (Å²) in [6.07, 6.45) is 1.68. The molecule has 328 valence electrons. The Morgan fingerprint density at radius 3 is 1.44 bits per heavy atom. The summed E-state index contributed by atoms with van der Waals surface area (Å²) >= 11 is 13.6. The van der Waals surface area contributed by atoms with Gasteiger partial charge in [0.15, 0.2) is 0 Å². The predicted octanol–water partition coefficient (Wildman–Crippen LogP) is 9.46. The molecule has 2 aliphatic heterocycles. The lowest BCUT2D eigenvalue weighted by Gasteiger charge is -2.32. The van der Waals surface area contributed by atoms with Crippen LogP contribution in [0.25, 0.3) is 44.4 Å². The number of carbonyl (C=O) groups excluding carboxylic acids is 4. The molecule has 4 heterocycles. The van der Waals surface area contributed by atoms with Gasteiger partial charge in [-0.2, -0.15) is 0 Å². The van der Waals surface area contributed by atoms with E-state index in [0.29, 0.717) is 46.2 Å². The van der Waals surface area contributed by atoms with Crippen LogP contribution in [0.5, 0.6) is 0 Å². The van der Waals surface area contributed by atoms with Crippen molar-refractivity contribution < 1.29 is 28.7 Å². The first-order valence-corrected chi connectivity index (χ1v) is 21.8. The van der Waals surface area contributed by atoms with E-state index in [2.05, 4.69) is 44.9 Å². The summed E-state index contributed by atoms with van der Waals surface area (Å²) in [6.45, 7) is 11.6. The Balaban J connectivity index is 1.07. The number of nitrogens with zero attached hydrogens (tertiary/aromatic N) is 4. The maximum absolute atomic E-state index is 13.9. The van der Waals surface area contributed by atoms with Crippen LogP contribution >= 0.6 is 23.2 Å². The minimum atomic E-state index is -0.748. The number of imidazole rings is 2. The molecule has 0 aliphatic carbocycles. The molecule has 2 aliphatic rings. The van der Waals surface area contributed by atoms with E-state index in [1.807, 2.05) is 77.9 Å². The Hall–Kier alpha value is -5.60. The van der Waals surface area contributed by atoms with Crippen molar-refractivity contribution >= 4 is 58.0 Å². The lowest BCUT2D eigenvalue weighted by molar-refractivity contribution is -0.138. The Kier molecular flexibility index (Phi) is 13.2. The number of benzene rings is 3. The van der Waals surface area contributed by atoms with E-state index >= 15 is 0 Å². The van der Waals surface area contributed by atoms with Crippen LogP contribution in [0.1, 0.15) is 91.0 Å². The first-order valence-electron chi connectivity index (χ1n) is 21.1. The van der Waals surface area contributed by atoms with Gasteiger partial charge in [-0.25, -0.2) is 19.6 Å². The average Bonchev–Trinajstić information content (AvgIpc) is 4.05. The molecular formula is C46H54Cl2N8O6. The zero-order chi connectivity index (χ0) is 44.6. The highest BCUT2D eigenvalue weighted by molar-refractivity contribution is 6.32. The maximum Gasteiger partial charge on any atom is 0.407 e. The molecule has 0 saturated carbocycles. The van der Waals surface area contributed by atoms with Gasteiger partial charge in [-0.3, -0.25) is 9.59 Å². The zero-order valence-electron chi connectivity index (χ0n) is 36.2. The molecule has 2 aromatic heterocycles. The molecule has 6 atom stereocenters. The fourth-order valence-electron chi connectivity index (χ4n) is 8.80. The van der Waals surface area contributed by atoms with Crippen LogP contribution in [0.4, 0.5) is 9.59 Å². The minimum Gasteiger partial charge on any atom is -0.453 e.